The number of ketones is 1. The molecule has 3 nitrogen and oxygen atoms in total. The Morgan fingerprint density at radius 2 is 2.17 bits per heavy atom. The molecule has 1 N–H and O–H groups in total. The summed E-state index contributed by atoms with van der Waals surface area (Å²) in [6, 6.07) is 0. The largest absolute Gasteiger partial charge is 0.392 e. The maximum atomic E-state index is 11.9. The smallest absolute Gasteiger partial charge is 0.156 e. The average molecular weight is 250 g/mol. The van der Waals surface area contributed by atoms with Crippen molar-refractivity contribution >= 4 is 5.78 Å². The van der Waals surface area contributed by atoms with Gasteiger partial charge in [-0.05, 0) is 50.7 Å². The minimum absolute atomic E-state index is 0.0653. The summed E-state index contributed by atoms with van der Waals surface area (Å²) < 4.78 is 6.44. The highest BCUT2D eigenvalue weighted by Gasteiger charge is 2.65. The van der Waals surface area contributed by atoms with E-state index in [-0.39, 0.29) is 23.4 Å². The van der Waals surface area contributed by atoms with Gasteiger partial charge in [-0.1, -0.05) is 6.92 Å². The lowest BCUT2D eigenvalue weighted by molar-refractivity contribution is -0.146. The molecule has 0 aromatic rings. The van der Waals surface area contributed by atoms with Gasteiger partial charge in [0.05, 0.1) is 17.8 Å². The summed E-state index contributed by atoms with van der Waals surface area (Å²) in [5.41, 5.74) is 0.117. The highest BCUT2D eigenvalue weighted by atomic mass is 16.5. The predicted octanol–water partition coefficient (Wildman–Crippen LogP) is 2.23. The van der Waals surface area contributed by atoms with Gasteiger partial charge in [-0.2, -0.15) is 0 Å². The first kappa shape index (κ1) is 12.4. The van der Waals surface area contributed by atoms with Crippen LogP contribution in [0.25, 0.3) is 0 Å². The fourth-order valence-corrected chi connectivity index (χ4v) is 4.42. The second-order valence-corrected chi connectivity index (χ2v) is 7.00. The molecule has 1 heterocycles. The van der Waals surface area contributed by atoms with E-state index in [1.165, 1.54) is 0 Å². The minimum atomic E-state index is -0.401. The van der Waals surface area contributed by atoms with E-state index in [4.69, 9.17) is 4.74 Å². The van der Waals surface area contributed by atoms with Crippen molar-refractivity contribution in [3.05, 3.63) is 11.6 Å². The van der Waals surface area contributed by atoms with Gasteiger partial charge in [-0.3, -0.25) is 4.79 Å². The first-order chi connectivity index (χ1) is 8.33. The lowest BCUT2D eigenvalue weighted by Gasteiger charge is -2.51. The Kier molecular flexibility index (Phi) is 2.37. The van der Waals surface area contributed by atoms with Crippen LogP contribution in [0.1, 0.15) is 46.5 Å². The van der Waals surface area contributed by atoms with E-state index in [9.17, 15) is 9.90 Å². The van der Waals surface area contributed by atoms with E-state index >= 15 is 0 Å². The SMILES string of the molecule is CC1(C)O[C@]23C[C@H]1CC[C@]2(C)CC(=O)C=C3CO. The maximum absolute atomic E-state index is 11.9. The lowest BCUT2D eigenvalue weighted by Crippen LogP contribution is -2.54. The van der Waals surface area contributed by atoms with Crippen molar-refractivity contribution in [2.45, 2.75) is 57.7 Å². The van der Waals surface area contributed by atoms with Crippen LogP contribution < -0.4 is 0 Å². The van der Waals surface area contributed by atoms with Crippen molar-refractivity contribution in [1.82, 2.24) is 0 Å². The van der Waals surface area contributed by atoms with Crippen LogP contribution in [0.5, 0.6) is 0 Å². The highest BCUT2D eigenvalue weighted by Crippen LogP contribution is 2.63. The van der Waals surface area contributed by atoms with E-state index in [1.807, 2.05) is 0 Å². The molecule has 0 aromatic heterocycles. The highest BCUT2D eigenvalue weighted by molar-refractivity contribution is 5.93. The van der Waals surface area contributed by atoms with Crippen LogP contribution in [-0.2, 0) is 9.53 Å². The van der Waals surface area contributed by atoms with Gasteiger partial charge in [0.1, 0.15) is 0 Å². The Balaban J connectivity index is 2.14. The lowest BCUT2D eigenvalue weighted by atomic mass is 9.55. The zero-order valence-electron chi connectivity index (χ0n) is 11.5. The van der Waals surface area contributed by atoms with E-state index < -0.39 is 5.60 Å². The summed E-state index contributed by atoms with van der Waals surface area (Å²) in [4.78, 5) is 11.9. The number of fused-ring (bicyclic) bond motifs is 1. The molecule has 2 bridgehead atoms. The molecule has 1 saturated carbocycles. The zero-order valence-corrected chi connectivity index (χ0v) is 11.5. The average Bonchev–Trinajstić information content (AvgIpc) is 2.50. The second kappa shape index (κ2) is 3.45. The number of rotatable bonds is 1. The number of allylic oxidation sites excluding steroid dienone is 1. The summed E-state index contributed by atoms with van der Waals surface area (Å²) in [6.45, 7) is 6.38. The van der Waals surface area contributed by atoms with Crippen LogP contribution in [0.2, 0.25) is 0 Å². The normalized spacial score (nSPS) is 45.7. The molecule has 3 aliphatic rings. The molecule has 2 fully saturated rings. The van der Waals surface area contributed by atoms with Crippen LogP contribution >= 0.6 is 0 Å². The summed E-state index contributed by atoms with van der Waals surface area (Å²) in [6.07, 6.45) is 5.28. The van der Waals surface area contributed by atoms with Gasteiger partial charge < -0.3 is 9.84 Å². The number of aliphatic hydroxyl groups excluding tert-OH is 1. The van der Waals surface area contributed by atoms with Gasteiger partial charge in [0, 0.05) is 11.8 Å². The summed E-state index contributed by atoms with van der Waals surface area (Å²) in [7, 11) is 0. The maximum Gasteiger partial charge on any atom is 0.156 e. The Morgan fingerprint density at radius 3 is 2.83 bits per heavy atom. The number of carbonyl (C=O) groups is 1. The third-order valence-electron chi connectivity index (χ3n) is 5.56. The van der Waals surface area contributed by atoms with Crippen LogP contribution in [0.4, 0.5) is 0 Å². The Labute approximate surface area is 108 Å². The van der Waals surface area contributed by atoms with Crippen LogP contribution in [0.3, 0.4) is 0 Å². The van der Waals surface area contributed by atoms with Crippen molar-refractivity contribution in [3.8, 4) is 0 Å². The first-order valence-corrected chi connectivity index (χ1v) is 6.88. The molecule has 0 aromatic carbocycles. The van der Waals surface area contributed by atoms with Crippen molar-refractivity contribution in [2.75, 3.05) is 6.61 Å². The number of aliphatic hydroxyl groups is 1. The molecule has 3 rings (SSSR count). The molecule has 1 aliphatic heterocycles. The van der Waals surface area contributed by atoms with Gasteiger partial charge in [-0.15, -0.1) is 0 Å². The summed E-state index contributed by atoms with van der Waals surface area (Å²) >= 11 is 0. The number of hydrogen-bond acceptors (Lipinski definition) is 3. The summed E-state index contributed by atoms with van der Waals surface area (Å²) in [5.74, 6) is 0.674. The number of hydrogen-bond donors (Lipinski definition) is 1. The van der Waals surface area contributed by atoms with Crippen molar-refractivity contribution < 1.29 is 14.6 Å². The molecule has 3 heteroatoms. The Bertz CT molecular complexity index is 437. The van der Waals surface area contributed by atoms with Gasteiger partial charge in [-0.25, -0.2) is 0 Å². The van der Waals surface area contributed by atoms with Gasteiger partial charge >= 0.3 is 0 Å². The molecule has 18 heavy (non-hydrogen) atoms. The Hall–Kier alpha value is -0.670. The molecular formula is C15H22O3. The predicted molar refractivity (Wildman–Crippen MR) is 68.1 cm³/mol. The van der Waals surface area contributed by atoms with Crippen molar-refractivity contribution in [1.29, 1.82) is 0 Å². The molecule has 1 spiro atoms. The van der Waals surface area contributed by atoms with Gasteiger partial charge in [0.25, 0.3) is 0 Å². The molecule has 3 atom stereocenters. The van der Waals surface area contributed by atoms with E-state index in [0.29, 0.717) is 12.3 Å². The van der Waals surface area contributed by atoms with Crippen LogP contribution in [0.15, 0.2) is 11.6 Å². The Morgan fingerprint density at radius 1 is 1.44 bits per heavy atom. The summed E-state index contributed by atoms with van der Waals surface area (Å²) in [5, 5.41) is 9.65. The molecule has 100 valence electrons. The molecule has 0 amide bonds. The third kappa shape index (κ3) is 1.35. The molecule has 1 saturated heterocycles. The minimum Gasteiger partial charge on any atom is -0.392 e. The van der Waals surface area contributed by atoms with Crippen LogP contribution in [-0.4, -0.2) is 28.7 Å². The monoisotopic (exact) mass is 250 g/mol. The van der Waals surface area contributed by atoms with E-state index in [2.05, 4.69) is 20.8 Å². The van der Waals surface area contributed by atoms with Gasteiger partial charge in [0.2, 0.25) is 0 Å². The fraction of sp³-hybridized carbons (Fsp3) is 0.800. The van der Waals surface area contributed by atoms with Gasteiger partial charge in [0.15, 0.2) is 5.78 Å². The zero-order chi connectivity index (χ0) is 13.2. The second-order valence-electron chi connectivity index (χ2n) is 7.00. The quantitative estimate of drug-likeness (QED) is 0.776. The first-order valence-electron chi connectivity index (χ1n) is 6.88. The number of ether oxygens (including phenoxy) is 1. The van der Waals surface area contributed by atoms with Crippen LogP contribution in [0, 0.1) is 11.3 Å². The molecular weight excluding hydrogens is 228 g/mol. The fourth-order valence-electron chi connectivity index (χ4n) is 4.42. The van der Waals surface area contributed by atoms with E-state index in [1.54, 1.807) is 6.08 Å². The molecule has 0 unspecified atom stereocenters. The molecule has 0 radical (unpaired) electrons. The standard InChI is InChI=1S/C15H22O3/c1-13(2)10-4-5-14(3)8-12(17)6-11(9-16)15(14,7-10)18-13/h6,10,16H,4-5,7-9H2,1-3H3/t10-,14-,15+/m1/s1. The van der Waals surface area contributed by atoms with Crippen molar-refractivity contribution in [3.63, 3.8) is 0 Å². The molecule has 2 aliphatic carbocycles. The number of carbonyl (C=O) groups excluding carboxylic acids is 1. The topological polar surface area (TPSA) is 46.5 Å². The van der Waals surface area contributed by atoms with E-state index in [0.717, 1.165) is 24.8 Å². The third-order valence-corrected chi connectivity index (χ3v) is 5.56. The van der Waals surface area contributed by atoms with Crippen molar-refractivity contribution in [2.24, 2.45) is 11.3 Å².